The van der Waals surface area contributed by atoms with E-state index in [-0.39, 0.29) is 0 Å². The van der Waals surface area contributed by atoms with Crippen LogP contribution in [0.1, 0.15) is 69.9 Å². The summed E-state index contributed by atoms with van der Waals surface area (Å²) >= 11 is 0. The largest absolute Gasteiger partial charge is 0.308 e. The van der Waals surface area contributed by atoms with Crippen molar-refractivity contribution in [2.24, 2.45) is 0 Å². The molecule has 2 aliphatic carbocycles. The van der Waals surface area contributed by atoms with Gasteiger partial charge in [-0.05, 0) is 20.5 Å². The normalized spacial score (nSPS) is 20.3. The van der Waals surface area contributed by atoms with Crippen LogP contribution in [0.2, 0.25) is 18.0 Å². The molecule has 1 heterocycles. The van der Waals surface area contributed by atoms with Crippen LogP contribution in [0.25, 0.3) is 0 Å². The molecule has 5 heteroatoms. The van der Waals surface area contributed by atoms with E-state index >= 15 is 0 Å². The van der Waals surface area contributed by atoms with E-state index in [1.165, 1.54) is 76.2 Å². The van der Waals surface area contributed by atoms with E-state index in [1.54, 1.807) is 0 Å². The van der Waals surface area contributed by atoms with Crippen LogP contribution < -0.4 is 0 Å². The van der Waals surface area contributed by atoms with Gasteiger partial charge in [0.2, 0.25) is 0 Å². The summed E-state index contributed by atoms with van der Waals surface area (Å²) < 4.78 is 2.02. The lowest BCUT2D eigenvalue weighted by Crippen LogP contribution is -2.30. The van der Waals surface area contributed by atoms with Gasteiger partial charge >= 0.3 is 0 Å². The molecule has 0 saturated heterocycles. The molecule has 0 radical (unpaired) electrons. The molecule has 0 aliphatic heterocycles. The summed E-state index contributed by atoms with van der Waals surface area (Å²) in [4.78, 5) is 2.20. The van der Waals surface area contributed by atoms with Crippen molar-refractivity contribution in [3.63, 3.8) is 0 Å². The Balaban J connectivity index is 1.56. The molecule has 0 bridgehead atoms. The minimum absolute atomic E-state index is 0.938. The van der Waals surface area contributed by atoms with Crippen molar-refractivity contribution in [1.82, 2.24) is 19.9 Å². The smallest absolute Gasteiger partial charge is 0.146 e. The minimum Gasteiger partial charge on any atom is -0.308 e. The maximum absolute atomic E-state index is 4.45. The highest BCUT2D eigenvalue weighted by molar-refractivity contribution is 6.62. The molecule has 0 spiro atoms. The average Bonchev–Trinajstić information content (AvgIpc) is 3.10. The third-order valence-electron chi connectivity index (χ3n) is 6.61. The van der Waals surface area contributed by atoms with Crippen LogP contribution in [0.4, 0.5) is 0 Å². The van der Waals surface area contributed by atoms with Gasteiger partial charge in [0.25, 0.3) is 0 Å². The van der Waals surface area contributed by atoms with Gasteiger partial charge < -0.3 is 4.90 Å². The molecule has 3 rings (SSSR count). The van der Waals surface area contributed by atoms with Crippen molar-refractivity contribution in [3.8, 4) is 0 Å². The van der Waals surface area contributed by atoms with Gasteiger partial charge in [0.15, 0.2) is 0 Å². The molecule has 2 saturated carbocycles. The Morgan fingerprint density at radius 3 is 2.16 bits per heavy atom. The summed E-state index contributed by atoms with van der Waals surface area (Å²) in [5.74, 6) is 1.97. The topological polar surface area (TPSA) is 34.0 Å². The average molecular weight is 344 g/mol. The maximum atomic E-state index is 4.45. The Bertz CT molecular complexity index is 472. The van der Waals surface area contributed by atoms with E-state index in [1.807, 2.05) is 4.68 Å². The van der Waals surface area contributed by atoms with Crippen molar-refractivity contribution in [2.45, 2.75) is 95.1 Å². The number of aromatic nitrogens is 3. The van der Waals surface area contributed by atoms with Crippen LogP contribution in [0.15, 0.2) is 6.20 Å². The standard InChI is InChI=1S/C20H37BN4/c1-24(2)15-16-25-17-20(22-23-25)13-14-21(18-9-5-3-6-10-18)19-11-7-4-8-12-19/h17-19H,3-16H2,1-2H3. The second-order valence-electron chi connectivity index (χ2n) is 8.77. The Hall–Kier alpha value is -0.835. The van der Waals surface area contributed by atoms with Gasteiger partial charge in [-0.3, -0.25) is 4.68 Å². The SMILES string of the molecule is CN(C)CCn1cc(CCB(C2CCCCC2)C2CCCCC2)nn1. The van der Waals surface area contributed by atoms with Crippen LogP contribution in [0, 0.1) is 0 Å². The predicted octanol–water partition coefficient (Wildman–Crippen LogP) is 4.55. The van der Waals surface area contributed by atoms with Crippen molar-refractivity contribution in [2.75, 3.05) is 20.6 Å². The first-order chi connectivity index (χ1) is 12.2. The third-order valence-corrected chi connectivity index (χ3v) is 6.61. The maximum Gasteiger partial charge on any atom is 0.146 e. The number of aryl methyl sites for hydroxylation is 1. The van der Waals surface area contributed by atoms with Gasteiger partial charge in [0.05, 0.1) is 12.2 Å². The highest BCUT2D eigenvalue weighted by Crippen LogP contribution is 2.43. The predicted molar refractivity (Wildman–Crippen MR) is 107 cm³/mol. The first-order valence-electron chi connectivity index (χ1n) is 10.8. The van der Waals surface area contributed by atoms with E-state index in [4.69, 9.17) is 0 Å². The summed E-state index contributed by atoms with van der Waals surface area (Å²) in [6.07, 6.45) is 19.4. The lowest BCUT2D eigenvalue weighted by molar-refractivity contribution is 0.370. The summed E-state index contributed by atoms with van der Waals surface area (Å²) in [5, 5.41) is 8.78. The molecule has 0 N–H and O–H groups in total. The molecule has 0 atom stereocenters. The molecule has 0 unspecified atom stereocenters. The van der Waals surface area contributed by atoms with Crippen LogP contribution in [-0.4, -0.2) is 47.2 Å². The van der Waals surface area contributed by atoms with E-state index in [2.05, 4.69) is 35.5 Å². The number of nitrogens with zero attached hydrogens (tertiary/aromatic N) is 4. The molecule has 2 fully saturated rings. The number of likely N-dealkylation sites (N-methyl/N-ethyl adjacent to an activating group) is 1. The van der Waals surface area contributed by atoms with Gasteiger partial charge in [0.1, 0.15) is 6.71 Å². The Labute approximate surface area is 154 Å². The second kappa shape index (κ2) is 9.75. The molecule has 4 nitrogen and oxygen atoms in total. The molecule has 2 aliphatic rings. The summed E-state index contributed by atoms with van der Waals surface area (Å²) in [6.45, 7) is 2.90. The minimum atomic E-state index is 0.938. The van der Waals surface area contributed by atoms with E-state index in [0.717, 1.165) is 37.9 Å². The third kappa shape index (κ3) is 5.84. The molecule has 140 valence electrons. The van der Waals surface area contributed by atoms with Crippen molar-refractivity contribution < 1.29 is 0 Å². The van der Waals surface area contributed by atoms with Crippen molar-refractivity contribution in [1.29, 1.82) is 0 Å². The summed E-state index contributed by atoms with van der Waals surface area (Å²) in [6, 6.07) is 0. The zero-order valence-corrected chi connectivity index (χ0v) is 16.5. The van der Waals surface area contributed by atoms with Crippen molar-refractivity contribution >= 4 is 6.71 Å². The fourth-order valence-corrected chi connectivity index (χ4v) is 5.16. The number of hydrogen-bond acceptors (Lipinski definition) is 3. The van der Waals surface area contributed by atoms with Gasteiger partial charge in [-0.1, -0.05) is 87.4 Å². The molecule has 25 heavy (non-hydrogen) atoms. The van der Waals surface area contributed by atoms with Gasteiger partial charge in [0, 0.05) is 12.7 Å². The molecule has 1 aromatic heterocycles. The van der Waals surface area contributed by atoms with Gasteiger partial charge in [-0.15, -0.1) is 5.10 Å². The molecule has 0 aromatic carbocycles. The number of rotatable bonds is 8. The van der Waals surface area contributed by atoms with Crippen LogP contribution >= 0.6 is 0 Å². The van der Waals surface area contributed by atoms with Crippen LogP contribution in [0.3, 0.4) is 0 Å². The second-order valence-corrected chi connectivity index (χ2v) is 8.77. The Morgan fingerprint density at radius 1 is 1.00 bits per heavy atom. The van der Waals surface area contributed by atoms with E-state index in [9.17, 15) is 0 Å². The lowest BCUT2D eigenvalue weighted by Gasteiger charge is -2.35. The first-order valence-corrected chi connectivity index (χ1v) is 10.8. The number of hydrogen-bond donors (Lipinski definition) is 0. The zero-order valence-electron chi connectivity index (χ0n) is 16.5. The molecule has 1 aromatic rings. The summed E-state index contributed by atoms with van der Waals surface area (Å²) in [5.41, 5.74) is 1.20. The quantitative estimate of drug-likeness (QED) is 0.649. The van der Waals surface area contributed by atoms with Crippen LogP contribution in [0.5, 0.6) is 0 Å². The van der Waals surface area contributed by atoms with Gasteiger partial charge in [-0.25, -0.2) is 0 Å². The molecule has 0 amide bonds. The molecular formula is C20H37BN4. The Morgan fingerprint density at radius 2 is 1.60 bits per heavy atom. The fraction of sp³-hybridized carbons (Fsp3) is 0.900. The fourth-order valence-electron chi connectivity index (χ4n) is 5.16. The first kappa shape index (κ1) is 18.9. The van der Waals surface area contributed by atoms with Gasteiger partial charge in [-0.2, -0.15) is 0 Å². The monoisotopic (exact) mass is 344 g/mol. The summed E-state index contributed by atoms with van der Waals surface area (Å²) in [7, 11) is 4.22. The highest BCUT2D eigenvalue weighted by Gasteiger charge is 2.34. The lowest BCUT2D eigenvalue weighted by atomic mass is 9.28. The highest BCUT2D eigenvalue weighted by atomic mass is 15.4. The van der Waals surface area contributed by atoms with E-state index in [0.29, 0.717) is 0 Å². The van der Waals surface area contributed by atoms with Crippen LogP contribution in [-0.2, 0) is 13.0 Å². The zero-order chi connectivity index (χ0) is 17.5. The van der Waals surface area contributed by atoms with E-state index < -0.39 is 0 Å². The van der Waals surface area contributed by atoms with Crippen molar-refractivity contribution in [3.05, 3.63) is 11.9 Å². The molecular weight excluding hydrogens is 307 g/mol. The Kier molecular flexibility index (Phi) is 7.39.